The molecule has 0 radical (unpaired) electrons. The zero-order chi connectivity index (χ0) is 13.8. The van der Waals surface area contributed by atoms with Gasteiger partial charge < -0.3 is 10.2 Å². The molecule has 3 heteroatoms. The Morgan fingerprint density at radius 2 is 2.16 bits per heavy atom. The summed E-state index contributed by atoms with van der Waals surface area (Å²) in [6.45, 7) is 10.7. The highest BCUT2D eigenvalue weighted by Gasteiger charge is 2.20. The van der Waals surface area contributed by atoms with E-state index < -0.39 is 0 Å². The topological polar surface area (TPSA) is 42.4 Å². The Bertz CT molecular complexity index is 397. The molecule has 0 saturated carbocycles. The van der Waals surface area contributed by atoms with E-state index in [0.717, 1.165) is 29.9 Å². The molecule has 1 aliphatic rings. The summed E-state index contributed by atoms with van der Waals surface area (Å²) >= 11 is 0. The van der Waals surface area contributed by atoms with Gasteiger partial charge in [0.05, 0.1) is 6.54 Å². The molecule has 1 atom stereocenters. The molecular formula is C16H28N2O. The fraction of sp³-hybridized carbons (Fsp3) is 0.750. The van der Waals surface area contributed by atoms with Crippen molar-refractivity contribution in [2.75, 3.05) is 13.1 Å². The molecular weight excluding hydrogens is 236 g/mol. The van der Waals surface area contributed by atoms with Crippen molar-refractivity contribution in [3.63, 3.8) is 0 Å². The van der Waals surface area contributed by atoms with Gasteiger partial charge in [-0.1, -0.05) is 13.8 Å². The number of aryl methyl sites for hydroxylation is 1. The van der Waals surface area contributed by atoms with Gasteiger partial charge in [-0.25, -0.2) is 0 Å². The smallest absolute Gasteiger partial charge is 0.118 e. The third-order valence-electron chi connectivity index (χ3n) is 4.47. The van der Waals surface area contributed by atoms with Gasteiger partial charge in [-0.2, -0.15) is 0 Å². The maximum atomic E-state index is 5.64. The van der Waals surface area contributed by atoms with E-state index in [9.17, 15) is 0 Å². The van der Waals surface area contributed by atoms with Gasteiger partial charge in [0.2, 0.25) is 0 Å². The number of rotatable bonds is 4. The van der Waals surface area contributed by atoms with E-state index in [1.54, 1.807) is 0 Å². The monoisotopic (exact) mass is 264 g/mol. The third kappa shape index (κ3) is 3.83. The summed E-state index contributed by atoms with van der Waals surface area (Å²) in [5.41, 5.74) is 6.94. The number of nitrogens with zero attached hydrogens (tertiary/aromatic N) is 1. The van der Waals surface area contributed by atoms with Crippen LogP contribution in [0.15, 0.2) is 10.5 Å². The molecule has 1 aromatic rings. The summed E-state index contributed by atoms with van der Waals surface area (Å²) < 4.78 is 5.64. The van der Waals surface area contributed by atoms with E-state index in [-0.39, 0.29) is 0 Å². The van der Waals surface area contributed by atoms with Gasteiger partial charge in [0.25, 0.3) is 0 Å². The minimum absolute atomic E-state index is 0.496. The lowest BCUT2D eigenvalue weighted by Gasteiger charge is -2.21. The third-order valence-corrected chi connectivity index (χ3v) is 4.47. The zero-order valence-electron chi connectivity index (χ0n) is 12.6. The van der Waals surface area contributed by atoms with Crippen molar-refractivity contribution in [3.8, 4) is 0 Å². The fourth-order valence-corrected chi connectivity index (χ4v) is 3.09. The lowest BCUT2D eigenvalue weighted by molar-refractivity contribution is 0.263. The van der Waals surface area contributed by atoms with Gasteiger partial charge >= 0.3 is 0 Å². The first-order valence-electron chi connectivity index (χ1n) is 7.60. The SMILES string of the molecule is Cc1oc(CN)cc1CN1CCCC(C(C)C)CC1. The molecule has 2 rings (SSSR count). The predicted octanol–water partition coefficient (Wildman–Crippen LogP) is 3.30. The van der Waals surface area contributed by atoms with Crippen molar-refractivity contribution in [2.24, 2.45) is 17.6 Å². The molecule has 2 heterocycles. The average Bonchev–Trinajstić information content (AvgIpc) is 2.60. The molecule has 1 unspecified atom stereocenters. The van der Waals surface area contributed by atoms with Gasteiger partial charge in [0.1, 0.15) is 11.5 Å². The van der Waals surface area contributed by atoms with Crippen LogP contribution in [0.1, 0.15) is 50.2 Å². The number of hydrogen-bond donors (Lipinski definition) is 1. The second kappa shape index (κ2) is 6.58. The summed E-state index contributed by atoms with van der Waals surface area (Å²) in [6.07, 6.45) is 4.04. The summed E-state index contributed by atoms with van der Waals surface area (Å²) in [5.74, 6) is 3.65. The Kier molecular flexibility index (Phi) is 5.06. The molecule has 1 fully saturated rings. The molecule has 19 heavy (non-hydrogen) atoms. The summed E-state index contributed by atoms with van der Waals surface area (Å²) in [4.78, 5) is 2.57. The minimum atomic E-state index is 0.496. The summed E-state index contributed by atoms with van der Waals surface area (Å²) in [7, 11) is 0. The first-order valence-corrected chi connectivity index (χ1v) is 7.60. The van der Waals surface area contributed by atoms with Crippen LogP contribution in [0, 0.1) is 18.8 Å². The molecule has 0 spiro atoms. The summed E-state index contributed by atoms with van der Waals surface area (Å²) in [5, 5.41) is 0. The zero-order valence-corrected chi connectivity index (χ0v) is 12.6. The Labute approximate surface area is 117 Å². The molecule has 0 amide bonds. The maximum Gasteiger partial charge on any atom is 0.118 e. The molecule has 1 aliphatic heterocycles. The quantitative estimate of drug-likeness (QED) is 0.907. The molecule has 3 nitrogen and oxygen atoms in total. The van der Waals surface area contributed by atoms with Crippen molar-refractivity contribution >= 4 is 0 Å². The van der Waals surface area contributed by atoms with E-state index in [1.165, 1.54) is 37.9 Å². The van der Waals surface area contributed by atoms with E-state index >= 15 is 0 Å². The number of likely N-dealkylation sites (tertiary alicyclic amines) is 1. The average molecular weight is 264 g/mol. The van der Waals surface area contributed by atoms with E-state index in [1.807, 2.05) is 6.92 Å². The molecule has 0 bridgehead atoms. The second-order valence-corrected chi connectivity index (χ2v) is 6.21. The van der Waals surface area contributed by atoms with Crippen LogP contribution < -0.4 is 5.73 Å². The van der Waals surface area contributed by atoms with Crippen molar-refractivity contribution in [1.29, 1.82) is 0 Å². The maximum absolute atomic E-state index is 5.64. The Morgan fingerprint density at radius 3 is 2.79 bits per heavy atom. The number of hydrogen-bond acceptors (Lipinski definition) is 3. The normalized spacial score (nSPS) is 21.8. The molecule has 2 N–H and O–H groups in total. The standard InChI is InChI=1S/C16H28N2O/c1-12(2)14-5-4-7-18(8-6-14)11-15-9-16(10-17)19-13(15)3/h9,12,14H,4-8,10-11,17H2,1-3H3. The van der Waals surface area contributed by atoms with E-state index in [2.05, 4.69) is 24.8 Å². The van der Waals surface area contributed by atoms with Crippen LogP contribution >= 0.6 is 0 Å². The fourth-order valence-electron chi connectivity index (χ4n) is 3.09. The lowest BCUT2D eigenvalue weighted by Crippen LogP contribution is -2.24. The van der Waals surface area contributed by atoms with Crippen molar-refractivity contribution in [3.05, 3.63) is 23.2 Å². The molecule has 0 aliphatic carbocycles. The van der Waals surface area contributed by atoms with Gasteiger partial charge in [0, 0.05) is 12.1 Å². The van der Waals surface area contributed by atoms with Gasteiger partial charge in [-0.15, -0.1) is 0 Å². The first-order chi connectivity index (χ1) is 9.10. The van der Waals surface area contributed by atoms with Crippen LogP contribution in [0.2, 0.25) is 0 Å². The Balaban J connectivity index is 1.93. The second-order valence-electron chi connectivity index (χ2n) is 6.21. The van der Waals surface area contributed by atoms with Gasteiger partial charge in [0.15, 0.2) is 0 Å². The van der Waals surface area contributed by atoms with Crippen LogP contribution in [0.3, 0.4) is 0 Å². The predicted molar refractivity (Wildman–Crippen MR) is 78.8 cm³/mol. The lowest BCUT2D eigenvalue weighted by atomic mass is 9.89. The van der Waals surface area contributed by atoms with Gasteiger partial charge in [-0.3, -0.25) is 4.90 Å². The van der Waals surface area contributed by atoms with Crippen molar-refractivity contribution < 1.29 is 4.42 Å². The van der Waals surface area contributed by atoms with Crippen molar-refractivity contribution in [2.45, 2.75) is 53.1 Å². The highest BCUT2D eigenvalue weighted by atomic mass is 16.3. The minimum Gasteiger partial charge on any atom is -0.465 e. The van der Waals surface area contributed by atoms with E-state index in [4.69, 9.17) is 10.2 Å². The van der Waals surface area contributed by atoms with Gasteiger partial charge in [-0.05, 0) is 57.2 Å². The van der Waals surface area contributed by atoms with Crippen LogP contribution in [-0.4, -0.2) is 18.0 Å². The first kappa shape index (κ1) is 14.6. The van der Waals surface area contributed by atoms with Crippen LogP contribution in [0.25, 0.3) is 0 Å². The highest BCUT2D eigenvalue weighted by molar-refractivity contribution is 5.20. The molecule has 1 saturated heterocycles. The molecule has 108 valence electrons. The number of nitrogens with two attached hydrogens (primary N) is 1. The Hall–Kier alpha value is -0.800. The summed E-state index contributed by atoms with van der Waals surface area (Å²) in [6, 6.07) is 2.13. The van der Waals surface area contributed by atoms with Crippen LogP contribution in [0.4, 0.5) is 0 Å². The molecule has 0 aromatic carbocycles. The Morgan fingerprint density at radius 1 is 1.37 bits per heavy atom. The number of furan rings is 1. The highest BCUT2D eigenvalue weighted by Crippen LogP contribution is 2.26. The largest absolute Gasteiger partial charge is 0.465 e. The molecule has 1 aromatic heterocycles. The van der Waals surface area contributed by atoms with Crippen LogP contribution in [0.5, 0.6) is 0 Å². The van der Waals surface area contributed by atoms with Crippen LogP contribution in [-0.2, 0) is 13.1 Å². The van der Waals surface area contributed by atoms with Crippen molar-refractivity contribution in [1.82, 2.24) is 4.90 Å². The van der Waals surface area contributed by atoms with E-state index in [0.29, 0.717) is 6.54 Å².